The molecule has 1 heterocycles. The molecule has 0 amide bonds. The van der Waals surface area contributed by atoms with Crippen LogP contribution in [0, 0.1) is 12.3 Å². The maximum Gasteiger partial charge on any atom is 0.222 e. The highest BCUT2D eigenvalue weighted by atomic mass is 15.0. The first-order valence-electron chi connectivity index (χ1n) is 4.00. The van der Waals surface area contributed by atoms with Crippen molar-refractivity contribution in [2.24, 2.45) is 0 Å². The molecular formula is C10H8N4. The highest BCUT2D eigenvalue weighted by molar-refractivity contribution is 5.93. The molecule has 0 aliphatic rings. The molecule has 0 aliphatic heterocycles. The molecule has 14 heavy (non-hydrogen) atoms. The molecule has 4 nitrogen and oxygen atoms in total. The zero-order valence-corrected chi connectivity index (χ0v) is 7.36. The molecule has 0 atom stereocenters. The second-order valence-corrected chi connectivity index (χ2v) is 2.81. The second-order valence-electron chi connectivity index (χ2n) is 2.81. The van der Waals surface area contributed by atoms with Crippen LogP contribution >= 0.6 is 0 Å². The van der Waals surface area contributed by atoms with Gasteiger partial charge in [-0.25, -0.2) is 4.98 Å². The van der Waals surface area contributed by atoms with Gasteiger partial charge in [0.25, 0.3) is 0 Å². The number of nitrogens with zero attached hydrogens (tertiary/aromatic N) is 2. The summed E-state index contributed by atoms with van der Waals surface area (Å²) in [6.07, 6.45) is 5.33. The summed E-state index contributed by atoms with van der Waals surface area (Å²) in [6.45, 7) is 0. The van der Waals surface area contributed by atoms with Gasteiger partial charge in [-0.3, -0.25) is 0 Å². The number of hydrogen-bond donors (Lipinski definition) is 2. The molecule has 0 spiro atoms. The minimum Gasteiger partial charge on any atom is -0.383 e. The smallest absolute Gasteiger partial charge is 0.222 e. The average molecular weight is 184 g/mol. The number of benzene rings is 1. The number of anilines is 2. The SMILES string of the molecule is C#Cc1cccc2nc(N)nc(N)c12. The topological polar surface area (TPSA) is 77.8 Å². The number of aromatic nitrogens is 2. The van der Waals surface area contributed by atoms with Gasteiger partial charge in [0, 0.05) is 5.56 Å². The van der Waals surface area contributed by atoms with E-state index in [0.717, 1.165) is 0 Å². The Morgan fingerprint density at radius 3 is 2.71 bits per heavy atom. The lowest BCUT2D eigenvalue weighted by molar-refractivity contribution is 1.24. The predicted molar refractivity (Wildman–Crippen MR) is 56.3 cm³/mol. The Bertz CT molecular complexity index is 540. The monoisotopic (exact) mass is 184 g/mol. The molecule has 2 rings (SSSR count). The fourth-order valence-electron chi connectivity index (χ4n) is 1.35. The van der Waals surface area contributed by atoms with Gasteiger partial charge in [-0.1, -0.05) is 12.0 Å². The highest BCUT2D eigenvalue weighted by Crippen LogP contribution is 2.21. The predicted octanol–water partition coefficient (Wildman–Crippen LogP) is 0.775. The summed E-state index contributed by atoms with van der Waals surface area (Å²) in [5.74, 6) is 3.01. The molecule has 1 aromatic heterocycles. The first kappa shape index (κ1) is 8.32. The number of nitrogen functional groups attached to an aromatic ring is 2. The third-order valence-electron chi connectivity index (χ3n) is 1.92. The number of hydrogen-bond acceptors (Lipinski definition) is 4. The third kappa shape index (κ3) is 1.12. The standard InChI is InChI=1S/C10H8N4/c1-2-6-4-3-5-7-8(6)9(11)14-10(12)13-7/h1,3-5H,(H4,11,12,13,14). The fourth-order valence-corrected chi connectivity index (χ4v) is 1.35. The van der Waals surface area contributed by atoms with Gasteiger partial charge in [-0.15, -0.1) is 6.42 Å². The Morgan fingerprint density at radius 1 is 1.21 bits per heavy atom. The van der Waals surface area contributed by atoms with Crippen LogP contribution in [0.3, 0.4) is 0 Å². The van der Waals surface area contributed by atoms with Gasteiger partial charge in [0.05, 0.1) is 10.9 Å². The maximum atomic E-state index is 5.71. The van der Waals surface area contributed by atoms with E-state index in [2.05, 4.69) is 15.9 Å². The lowest BCUT2D eigenvalue weighted by Gasteiger charge is -2.03. The molecule has 4 heteroatoms. The molecule has 0 aliphatic carbocycles. The fraction of sp³-hybridized carbons (Fsp3) is 0. The Balaban J connectivity index is 2.96. The Kier molecular flexibility index (Phi) is 1.72. The summed E-state index contributed by atoms with van der Waals surface area (Å²) >= 11 is 0. The van der Waals surface area contributed by atoms with Crippen LogP contribution in [0.2, 0.25) is 0 Å². The second kappa shape index (κ2) is 2.89. The average Bonchev–Trinajstić information content (AvgIpc) is 2.16. The lowest BCUT2D eigenvalue weighted by Crippen LogP contribution is -2.01. The largest absolute Gasteiger partial charge is 0.383 e. The summed E-state index contributed by atoms with van der Waals surface area (Å²) in [4.78, 5) is 7.90. The molecular weight excluding hydrogens is 176 g/mol. The van der Waals surface area contributed by atoms with Crippen LogP contribution in [-0.2, 0) is 0 Å². The molecule has 1 aromatic carbocycles. The Hall–Kier alpha value is -2.28. The quantitative estimate of drug-likeness (QED) is 0.593. The van der Waals surface area contributed by atoms with Crippen molar-refractivity contribution in [2.75, 3.05) is 11.5 Å². The highest BCUT2D eigenvalue weighted by Gasteiger charge is 2.05. The van der Waals surface area contributed by atoms with Gasteiger partial charge in [-0.2, -0.15) is 4.98 Å². The summed E-state index contributed by atoms with van der Waals surface area (Å²) in [7, 11) is 0. The van der Waals surface area contributed by atoms with Crippen molar-refractivity contribution in [3.63, 3.8) is 0 Å². The Labute approximate surface area is 81.0 Å². The van der Waals surface area contributed by atoms with E-state index < -0.39 is 0 Å². The number of fused-ring (bicyclic) bond motifs is 1. The van der Waals surface area contributed by atoms with Gasteiger partial charge in [0.15, 0.2) is 0 Å². The minimum absolute atomic E-state index is 0.157. The molecule has 2 aromatic rings. The lowest BCUT2D eigenvalue weighted by atomic mass is 10.1. The number of rotatable bonds is 0. The van der Waals surface area contributed by atoms with Crippen LogP contribution in [0.15, 0.2) is 18.2 Å². The molecule has 68 valence electrons. The minimum atomic E-state index is 0.157. The zero-order valence-electron chi connectivity index (χ0n) is 7.36. The zero-order chi connectivity index (χ0) is 10.1. The van der Waals surface area contributed by atoms with E-state index in [4.69, 9.17) is 17.9 Å². The summed E-state index contributed by atoms with van der Waals surface area (Å²) in [5.41, 5.74) is 12.5. The van der Waals surface area contributed by atoms with Gasteiger partial charge >= 0.3 is 0 Å². The van der Waals surface area contributed by atoms with Crippen LogP contribution in [-0.4, -0.2) is 9.97 Å². The summed E-state index contributed by atoms with van der Waals surface area (Å²) in [6, 6.07) is 5.40. The molecule has 0 saturated heterocycles. The van der Waals surface area contributed by atoms with Gasteiger partial charge in [0.2, 0.25) is 5.95 Å². The van der Waals surface area contributed by atoms with Crippen molar-refractivity contribution in [3.8, 4) is 12.3 Å². The van der Waals surface area contributed by atoms with Crippen molar-refractivity contribution < 1.29 is 0 Å². The van der Waals surface area contributed by atoms with Crippen LogP contribution in [0.25, 0.3) is 10.9 Å². The molecule has 0 saturated carbocycles. The van der Waals surface area contributed by atoms with Crippen LogP contribution < -0.4 is 11.5 Å². The molecule has 4 N–H and O–H groups in total. The van der Waals surface area contributed by atoms with Crippen molar-refractivity contribution in [1.29, 1.82) is 0 Å². The number of terminal acetylenes is 1. The first-order valence-corrected chi connectivity index (χ1v) is 4.00. The van der Waals surface area contributed by atoms with Crippen LogP contribution in [0.5, 0.6) is 0 Å². The van der Waals surface area contributed by atoms with Gasteiger partial charge < -0.3 is 11.5 Å². The van der Waals surface area contributed by atoms with Crippen molar-refractivity contribution in [1.82, 2.24) is 9.97 Å². The van der Waals surface area contributed by atoms with Crippen LogP contribution in [0.4, 0.5) is 11.8 Å². The van der Waals surface area contributed by atoms with E-state index in [9.17, 15) is 0 Å². The van der Waals surface area contributed by atoms with Crippen LogP contribution in [0.1, 0.15) is 5.56 Å². The molecule has 0 bridgehead atoms. The van der Waals surface area contributed by atoms with Crippen molar-refractivity contribution >= 4 is 22.7 Å². The van der Waals surface area contributed by atoms with Gasteiger partial charge in [0.1, 0.15) is 5.82 Å². The molecule has 0 radical (unpaired) electrons. The van der Waals surface area contributed by atoms with Crippen molar-refractivity contribution in [3.05, 3.63) is 23.8 Å². The maximum absolute atomic E-state index is 5.71. The number of nitrogens with two attached hydrogens (primary N) is 2. The van der Waals surface area contributed by atoms with E-state index >= 15 is 0 Å². The van der Waals surface area contributed by atoms with E-state index in [1.807, 2.05) is 6.07 Å². The summed E-state index contributed by atoms with van der Waals surface area (Å²) < 4.78 is 0. The normalized spacial score (nSPS) is 9.93. The third-order valence-corrected chi connectivity index (χ3v) is 1.92. The van der Waals surface area contributed by atoms with Gasteiger partial charge in [-0.05, 0) is 12.1 Å². The first-order chi connectivity index (χ1) is 6.72. The molecule has 0 fully saturated rings. The summed E-state index contributed by atoms with van der Waals surface area (Å²) in [5, 5.41) is 0.684. The molecule has 0 unspecified atom stereocenters. The Morgan fingerprint density at radius 2 is 2.00 bits per heavy atom. The van der Waals surface area contributed by atoms with E-state index in [0.29, 0.717) is 22.3 Å². The van der Waals surface area contributed by atoms with E-state index in [-0.39, 0.29) is 5.95 Å². The van der Waals surface area contributed by atoms with E-state index in [1.165, 1.54) is 0 Å². The van der Waals surface area contributed by atoms with Crippen molar-refractivity contribution in [2.45, 2.75) is 0 Å². The van der Waals surface area contributed by atoms with E-state index in [1.54, 1.807) is 12.1 Å².